The Kier molecular flexibility index (Phi) is 16.0. The summed E-state index contributed by atoms with van der Waals surface area (Å²) in [4.78, 5) is 17.7. The first kappa shape index (κ1) is 34.7. The zero-order chi connectivity index (χ0) is 30.2. The molecule has 4 rings (SSSR count). The lowest BCUT2D eigenvalue weighted by Gasteiger charge is -2.38. The Balaban J connectivity index is 0.000000407. The highest BCUT2D eigenvalue weighted by molar-refractivity contribution is 5.79. The molecule has 0 radical (unpaired) electrons. The molecule has 0 spiro atoms. The standard InChI is InChI=1S/C26H42N2O.C7H8O.C4H10/c1-5-8-22(7-3)26(29)28-17-13-23(14-18-28)24-10-9-21(6-2)19-25(24)27-15-11-20(4)12-16-27;1-8-7-5-3-2-4-6-7;1-4(2)3/h9-10,19-20,22-23H,5-8,11-18H2,1-4H3;2-6H,1H3;4H,1-3H3. The van der Waals surface area contributed by atoms with Crippen molar-refractivity contribution in [3.63, 3.8) is 0 Å². The molecule has 2 saturated heterocycles. The number of para-hydroxylation sites is 1. The molecule has 0 aliphatic carbocycles. The lowest BCUT2D eigenvalue weighted by molar-refractivity contribution is -0.137. The number of amides is 1. The van der Waals surface area contributed by atoms with Crippen molar-refractivity contribution < 1.29 is 9.53 Å². The third-order valence-corrected chi connectivity index (χ3v) is 8.33. The molecule has 2 aromatic rings. The number of carbonyl (C=O) groups excluding carboxylic acids is 1. The van der Waals surface area contributed by atoms with E-state index in [9.17, 15) is 4.79 Å². The number of hydrogen-bond acceptors (Lipinski definition) is 3. The molecular formula is C37H60N2O2. The molecule has 0 bridgehead atoms. The van der Waals surface area contributed by atoms with Gasteiger partial charge in [-0.1, -0.05) is 85.2 Å². The Bertz CT molecular complexity index is 971. The van der Waals surface area contributed by atoms with Gasteiger partial charge in [-0.3, -0.25) is 4.79 Å². The Morgan fingerprint density at radius 1 is 0.902 bits per heavy atom. The number of ether oxygens (including phenoxy) is 1. The number of rotatable bonds is 8. The molecule has 0 aromatic heterocycles. The molecule has 0 saturated carbocycles. The van der Waals surface area contributed by atoms with Crippen molar-refractivity contribution in [3.05, 3.63) is 59.7 Å². The average Bonchev–Trinajstić information content (AvgIpc) is 3.00. The second-order valence-corrected chi connectivity index (χ2v) is 12.7. The predicted molar refractivity (Wildman–Crippen MR) is 177 cm³/mol. The van der Waals surface area contributed by atoms with Crippen LogP contribution in [0.1, 0.15) is 110 Å². The van der Waals surface area contributed by atoms with Crippen molar-refractivity contribution in [2.24, 2.45) is 17.8 Å². The van der Waals surface area contributed by atoms with Crippen molar-refractivity contribution in [2.45, 2.75) is 106 Å². The van der Waals surface area contributed by atoms with Gasteiger partial charge in [0.15, 0.2) is 0 Å². The largest absolute Gasteiger partial charge is 0.497 e. The van der Waals surface area contributed by atoms with Crippen molar-refractivity contribution >= 4 is 11.6 Å². The highest BCUT2D eigenvalue weighted by atomic mass is 16.5. The van der Waals surface area contributed by atoms with Crippen LogP contribution in [0.15, 0.2) is 48.5 Å². The summed E-state index contributed by atoms with van der Waals surface area (Å²) in [5, 5.41) is 0. The van der Waals surface area contributed by atoms with E-state index in [1.54, 1.807) is 7.11 Å². The highest BCUT2D eigenvalue weighted by Gasteiger charge is 2.29. The van der Waals surface area contributed by atoms with Gasteiger partial charge in [0.25, 0.3) is 0 Å². The SMILES string of the molecule is CC(C)C.CCCC(CC)C(=O)N1CCC(c2ccc(CC)cc2N2CCC(C)CC2)CC1.COc1ccccc1. The number of benzene rings is 2. The van der Waals surface area contributed by atoms with E-state index in [0.29, 0.717) is 11.8 Å². The van der Waals surface area contributed by atoms with Gasteiger partial charge < -0.3 is 14.5 Å². The van der Waals surface area contributed by atoms with E-state index >= 15 is 0 Å². The number of carbonyl (C=O) groups is 1. The van der Waals surface area contributed by atoms with Gasteiger partial charge in [-0.05, 0) is 92.0 Å². The molecule has 4 nitrogen and oxygen atoms in total. The summed E-state index contributed by atoms with van der Waals surface area (Å²) in [5.41, 5.74) is 4.46. The van der Waals surface area contributed by atoms with Crippen molar-refractivity contribution in [1.82, 2.24) is 4.90 Å². The van der Waals surface area contributed by atoms with E-state index in [4.69, 9.17) is 4.74 Å². The van der Waals surface area contributed by atoms with Gasteiger partial charge in [0.1, 0.15) is 5.75 Å². The van der Waals surface area contributed by atoms with Crippen LogP contribution in [0.5, 0.6) is 5.75 Å². The van der Waals surface area contributed by atoms with E-state index in [2.05, 4.69) is 76.5 Å². The molecule has 4 heteroatoms. The maximum absolute atomic E-state index is 12.9. The number of nitrogens with zero attached hydrogens (tertiary/aromatic N) is 2. The second-order valence-electron chi connectivity index (χ2n) is 12.7. The monoisotopic (exact) mass is 564 g/mol. The fourth-order valence-corrected chi connectivity index (χ4v) is 5.75. The minimum atomic E-state index is 0.228. The van der Waals surface area contributed by atoms with Crippen LogP contribution < -0.4 is 9.64 Å². The summed E-state index contributed by atoms with van der Waals surface area (Å²) in [6, 6.07) is 16.9. The van der Waals surface area contributed by atoms with Crippen molar-refractivity contribution in [1.29, 1.82) is 0 Å². The minimum Gasteiger partial charge on any atom is -0.497 e. The van der Waals surface area contributed by atoms with Gasteiger partial charge in [0.2, 0.25) is 5.91 Å². The fraction of sp³-hybridized carbons (Fsp3) is 0.649. The molecule has 41 heavy (non-hydrogen) atoms. The number of piperidine rings is 2. The molecule has 2 aromatic carbocycles. The van der Waals surface area contributed by atoms with Crippen molar-refractivity contribution in [2.75, 3.05) is 38.2 Å². The number of likely N-dealkylation sites (tertiary alicyclic amines) is 1. The van der Waals surface area contributed by atoms with Gasteiger partial charge in [-0.25, -0.2) is 0 Å². The molecule has 230 valence electrons. The van der Waals surface area contributed by atoms with Crippen LogP contribution in [-0.2, 0) is 11.2 Å². The summed E-state index contributed by atoms with van der Waals surface area (Å²) in [5.74, 6) is 3.82. The third kappa shape index (κ3) is 11.7. The average molecular weight is 565 g/mol. The second kappa shape index (κ2) is 18.8. The molecule has 0 N–H and O–H groups in total. The first-order valence-corrected chi connectivity index (χ1v) is 16.5. The third-order valence-electron chi connectivity index (χ3n) is 8.33. The minimum absolute atomic E-state index is 0.228. The summed E-state index contributed by atoms with van der Waals surface area (Å²) < 4.78 is 4.91. The lowest BCUT2D eigenvalue weighted by Crippen LogP contribution is -2.41. The molecular weight excluding hydrogens is 504 g/mol. The number of aryl methyl sites for hydroxylation is 1. The number of anilines is 1. The van der Waals surface area contributed by atoms with E-state index in [1.165, 1.54) is 42.7 Å². The first-order valence-electron chi connectivity index (χ1n) is 16.5. The number of methoxy groups -OCH3 is 1. The van der Waals surface area contributed by atoms with E-state index < -0.39 is 0 Å². The van der Waals surface area contributed by atoms with Gasteiger partial charge >= 0.3 is 0 Å². The van der Waals surface area contributed by atoms with Gasteiger partial charge in [-0.2, -0.15) is 0 Å². The first-order chi connectivity index (χ1) is 19.7. The lowest BCUT2D eigenvalue weighted by atomic mass is 9.85. The molecule has 2 aliphatic rings. The Morgan fingerprint density at radius 2 is 1.51 bits per heavy atom. The van der Waals surface area contributed by atoms with Crippen LogP contribution in [0.4, 0.5) is 5.69 Å². The zero-order valence-corrected chi connectivity index (χ0v) is 27.6. The molecule has 2 aliphatic heterocycles. The van der Waals surface area contributed by atoms with Gasteiger partial charge in [0.05, 0.1) is 7.11 Å². The van der Waals surface area contributed by atoms with Crippen LogP contribution in [0.2, 0.25) is 0 Å². The Labute approximate surface area is 252 Å². The number of hydrogen-bond donors (Lipinski definition) is 0. The normalized spacial score (nSPS) is 16.8. The summed E-state index contributed by atoms with van der Waals surface area (Å²) in [6.07, 6.45) is 9.03. The van der Waals surface area contributed by atoms with E-state index in [0.717, 1.165) is 69.2 Å². The van der Waals surface area contributed by atoms with Gasteiger partial charge in [-0.15, -0.1) is 0 Å². The molecule has 1 atom stereocenters. The quantitative estimate of drug-likeness (QED) is 0.320. The smallest absolute Gasteiger partial charge is 0.225 e. The van der Waals surface area contributed by atoms with Gasteiger partial charge in [0, 0.05) is 37.8 Å². The summed E-state index contributed by atoms with van der Waals surface area (Å²) in [6.45, 7) is 19.7. The molecule has 2 heterocycles. The molecule has 2 fully saturated rings. The maximum atomic E-state index is 12.9. The summed E-state index contributed by atoms with van der Waals surface area (Å²) >= 11 is 0. The van der Waals surface area contributed by atoms with Crippen LogP contribution in [0.3, 0.4) is 0 Å². The van der Waals surface area contributed by atoms with Crippen LogP contribution >= 0.6 is 0 Å². The predicted octanol–water partition coefficient (Wildman–Crippen LogP) is 9.38. The Hall–Kier alpha value is -2.49. The fourth-order valence-electron chi connectivity index (χ4n) is 5.75. The highest BCUT2D eigenvalue weighted by Crippen LogP contribution is 2.37. The van der Waals surface area contributed by atoms with Crippen LogP contribution in [0.25, 0.3) is 0 Å². The Morgan fingerprint density at radius 3 is 2.00 bits per heavy atom. The van der Waals surface area contributed by atoms with E-state index in [-0.39, 0.29) is 5.92 Å². The summed E-state index contributed by atoms with van der Waals surface area (Å²) in [7, 11) is 1.66. The molecule has 1 unspecified atom stereocenters. The maximum Gasteiger partial charge on any atom is 0.225 e. The van der Waals surface area contributed by atoms with Crippen LogP contribution in [-0.4, -0.2) is 44.1 Å². The van der Waals surface area contributed by atoms with Crippen LogP contribution in [0, 0.1) is 17.8 Å². The topological polar surface area (TPSA) is 32.8 Å². The van der Waals surface area contributed by atoms with E-state index in [1.807, 2.05) is 30.3 Å². The molecule has 1 amide bonds. The van der Waals surface area contributed by atoms with Crippen molar-refractivity contribution in [3.8, 4) is 5.75 Å². The zero-order valence-electron chi connectivity index (χ0n) is 27.6.